The number of carbonyl (C=O) groups is 1. The van der Waals surface area contributed by atoms with Gasteiger partial charge in [-0.2, -0.15) is 0 Å². The van der Waals surface area contributed by atoms with Gasteiger partial charge in [-0.3, -0.25) is 4.79 Å². The van der Waals surface area contributed by atoms with Gasteiger partial charge in [-0.05, 0) is 26.7 Å². The van der Waals surface area contributed by atoms with Crippen molar-refractivity contribution in [2.75, 3.05) is 0 Å². The summed E-state index contributed by atoms with van der Waals surface area (Å²) in [7, 11) is 0. The highest BCUT2D eigenvalue weighted by Crippen LogP contribution is 2.24. The number of imidazole rings is 1. The summed E-state index contributed by atoms with van der Waals surface area (Å²) in [5.74, 6) is 2.02. The second kappa shape index (κ2) is 6.65. The molecule has 2 aromatic heterocycles. The first kappa shape index (κ1) is 17.7. The average Bonchev–Trinajstić information content (AvgIpc) is 3.09. The fraction of sp³-hybridized carbons (Fsp3) is 0.632. The van der Waals surface area contributed by atoms with E-state index in [1.165, 1.54) is 0 Å². The van der Waals surface area contributed by atoms with E-state index in [1.807, 2.05) is 13.8 Å². The standard InChI is InChI=1S/C19H28N4O2/c1-12-15(13(2)25-22-12)7-9-18(24)20-14-6-8-17-21-16(19(3,4)5)11-23(17)10-14/h11,14H,6-10H2,1-5H3,(H,20,24). The molecule has 0 spiro atoms. The highest BCUT2D eigenvalue weighted by molar-refractivity contribution is 5.76. The maximum Gasteiger partial charge on any atom is 0.220 e. The maximum atomic E-state index is 12.3. The molecule has 136 valence electrons. The SMILES string of the molecule is Cc1noc(C)c1CCC(=O)NC1CCc2nc(C(C)(C)C)cn2C1. The zero-order valence-electron chi connectivity index (χ0n) is 15.8. The molecule has 0 saturated heterocycles. The number of amides is 1. The first-order valence-corrected chi connectivity index (χ1v) is 9.01. The monoisotopic (exact) mass is 344 g/mol. The van der Waals surface area contributed by atoms with Crippen LogP contribution in [0.5, 0.6) is 0 Å². The van der Waals surface area contributed by atoms with E-state index in [0.717, 1.165) is 47.9 Å². The Kier molecular flexibility index (Phi) is 4.71. The molecule has 0 aromatic carbocycles. The topological polar surface area (TPSA) is 73.0 Å². The molecule has 1 unspecified atom stereocenters. The van der Waals surface area contributed by atoms with Crippen molar-refractivity contribution < 1.29 is 9.32 Å². The van der Waals surface area contributed by atoms with E-state index in [2.05, 4.69) is 42.0 Å². The normalized spacial score (nSPS) is 17.4. The van der Waals surface area contributed by atoms with Crippen LogP contribution in [0.3, 0.4) is 0 Å². The van der Waals surface area contributed by atoms with Crippen molar-refractivity contribution >= 4 is 5.91 Å². The number of nitrogens with one attached hydrogen (secondary N) is 1. The third-order valence-corrected chi connectivity index (χ3v) is 4.91. The Morgan fingerprint density at radius 3 is 2.80 bits per heavy atom. The van der Waals surface area contributed by atoms with E-state index in [9.17, 15) is 4.79 Å². The Morgan fingerprint density at radius 2 is 2.16 bits per heavy atom. The third-order valence-electron chi connectivity index (χ3n) is 4.91. The van der Waals surface area contributed by atoms with Gasteiger partial charge in [0.1, 0.15) is 11.6 Å². The minimum Gasteiger partial charge on any atom is -0.361 e. The van der Waals surface area contributed by atoms with Gasteiger partial charge >= 0.3 is 0 Å². The molecular formula is C19H28N4O2. The summed E-state index contributed by atoms with van der Waals surface area (Å²) in [5.41, 5.74) is 3.09. The van der Waals surface area contributed by atoms with Crippen LogP contribution in [0.1, 0.15) is 62.1 Å². The van der Waals surface area contributed by atoms with Gasteiger partial charge in [-0.15, -0.1) is 0 Å². The number of aryl methyl sites for hydroxylation is 3. The largest absolute Gasteiger partial charge is 0.361 e. The van der Waals surface area contributed by atoms with E-state index in [0.29, 0.717) is 12.8 Å². The number of fused-ring (bicyclic) bond motifs is 1. The van der Waals surface area contributed by atoms with Crippen LogP contribution in [-0.4, -0.2) is 26.7 Å². The molecule has 0 aliphatic carbocycles. The van der Waals surface area contributed by atoms with Crippen molar-refractivity contribution in [2.45, 2.75) is 78.3 Å². The zero-order chi connectivity index (χ0) is 18.2. The predicted octanol–water partition coefficient (Wildman–Crippen LogP) is 2.85. The van der Waals surface area contributed by atoms with Gasteiger partial charge in [0, 0.05) is 42.6 Å². The number of rotatable bonds is 4. The quantitative estimate of drug-likeness (QED) is 0.925. The van der Waals surface area contributed by atoms with E-state index < -0.39 is 0 Å². The van der Waals surface area contributed by atoms with Crippen molar-refractivity contribution in [1.82, 2.24) is 20.0 Å². The summed E-state index contributed by atoms with van der Waals surface area (Å²) in [6, 6.07) is 0.173. The molecule has 6 heteroatoms. The lowest BCUT2D eigenvalue weighted by molar-refractivity contribution is -0.122. The summed E-state index contributed by atoms with van der Waals surface area (Å²) in [4.78, 5) is 17.1. The molecule has 3 rings (SSSR count). The Morgan fingerprint density at radius 1 is 1.40 bits per heavy atom. The molecule has 1 aliphatic rings. The Hall–Kier alpha value is -2.11. The molecule has 1 amide bonds. The van der Waals surface area contributed by atoms with Crippen LogP contribution in [0.2, 0.25) is 0 Å². The maximum absolute atomic E-state index is 12.3. The number of hydrogen-bond donors (Lipinski definition) is 1. The summed E-state index contributed by atoms with van der Waals surface area (Å²) in [6.45, 7) is 11.1. The first-order valence-electron chi connectivity index (χ1n) is 9.01. The van der Waals surface area contributed by atoms with Crippen LogP contribution < -0.4 is 5.32 Å². The van der Waals surface area contributed by atoms with Gasteiger partial charge in [0.25, 0.3) is 0 Å². The molecule has 2 aromatic rings. The molecule has 0 saturated carbocycles. The lowest BCUT2D eigenvalue weighted by Gasteiger charge is -2.24. The smallest absolute Gasteiger partial charge is 0.220 e. The minimum absolute atomic E-state index is 0.0530. The zero-order valence-corrected chi connectivity index (χ0v) is 15.8. The van der Waals surface area contributed by atoms with E-state index in [-0.39, 0.29) is 17.4 Å². The van der Waals surface area contributed by atoms with Crippen LogP contribution in [0, 0.1) is 13.8 Å². The van der Waals surface area contributed by atoms with Gasteiger partial charge in [0.2, 0.25) is 5.91 Å². The van der Waals surface area contributed by atoms with Crippen LogP contribution in [-0.2, 0) is 29.6 Å². The Balaban J connectivity index is 1.56. The van der Waals surface area contributed by atoms with E-state index >= 15 is 0 Å². The molecule has 1 aliphatic heterocycles. The highest BCUT2D eigenvalue weighted by atomic mass is 16.5. The van der Waals surface area contributed by atoms with Crippen molar-refractivity contribution in [3.8, 4) is 0 Å². The number of nitrogens with zero attached hydrogens (tertiary/aromatic N) is 3. The van der Waals surface area contributed by atoms with Gasteiger partial charge in [0.15, 0.2) is 0 Å². The van der Waals surface area contributed by atoms with Crippen LogP contribution in [0.4, 0.5) is 0 Å². The van der Waals surface area contributed by atoms with Crippen molar-refractivity contribution in [3.63, 3.8) is 0 Å². The highest BCUT2D eigenvalue weighted by Gasteiger charge is 2.25. The van der Waals surface area contributed by atoms with Crippen LogP contribution >= 0.6 is 0 Å². The molecular weight excluding hydrogens is 316 g/mol. The molecule has 0 bridgehead atoms. The summed E-state index contributed by atoms with van der Waals surface area (Å²) in [5, 5.41) is 7.11. The van der Waals surface area contributed by atoms with E-state index in [4.69, 9.17) is 9.51 Å². The number of aromatic nitrogens is 3. The lowest BCUT2D eigenvalue weighted by Crippen LogP contribution is -2.41. The molecule has 3 heterocycles. The molecule has 25 heavy (non-hydrogen) atoms. The van der Waals surface area contributed by atoms with Crippen molar-refractivity contribution in [1.29, 1.82) is 0 Å². The Bertz CT molecular complexity index is 747. The van der Waals surface area contributed by atoms with Gasteiger partial charge < -0.3 is 14.4 Å². The number of carbonyl (C=O) groups excluding carboxylic acids is 1. The first-order chi connectivity index (χ1) is 11.7. The molecule has 1 N–H and O–H groups in total. The van der Waals surface area contributed by atoms with Crippen molar-refractivity contribution in [3.05, 3.63) is 34.7 Å². The Labute approximate surface area is 149 Å². The predicted molar refractivity (Wildman–Crippen MR) is 95.5 cm³/mol. The molecule has 6 nitrogen and oxygen atoms in total. The van der Waals surface area contributed by atoms with Gasteiger partial charge in [-0.1, -0.05) is 25.9 Å². The van der Waals surface area contributed by atoms with Gasteiger partial charge in [-0.25, -0.2) is 4.98 Å². The second-order valence-corrected chi connectivity index (χ2v) is 8.05. The van der Waals surface area contributed by atoms with Crippen LogP contribution in [0.25, 0.3) is 0 Å². The van der Waals surface area contributed by atoms with Gasteiger partial charge in [0.05, 0.1) is 11.4 Å². The molecule has 1 atom stereocenters. The average molecular weight is 344 g/mol. The minimum atomic E-state index is 0.0530. The summed E-state index contributed by atoms with van der Waals surface area (Å²) in [6.07, 6.45) is 5.12. The van der Waals surface area contributed by atoms with E-state index in [1.54, 1.807) is 0 Å². The fourth-order valence-electron chi connectivity index (χ4n) is 3.32. The van der Waals surface area contributed by atoms with Crippen molar-refractivity contribution in [2.24, 2.45) is 0 Å². The third kappa shape index (κ3) is 3.94. The lowest BCUT2D eigenvalue weighted by atomic mass is 9.93. The number of hydrogen-bond acceptors (Lipinski definition) is 4. The fourth-order valence-corrected chi connectivity index (χ4v) is 3.32. The molecule has 0 fully saturated rings. The summed E-state index contributed by atoms with van der Waals surface area (Å²) >= 11 is 0. The molecule has 0 radical (unpaired) electrons. The van der Waals surface area contributed by atoms with Crippen LogP contribution in [0.15, 0.2) is 10.7 Å². The summed E-state index contributed by atoms with van der Waals surface area (Å²) < 4.78 is 7.35. The second-order valence-electron chi connectivity index (χ2n) is 8.05.